The van der Waals surface area contributed by atoms with E-state index in [9.17, 15) is 34.1 Å². The summed E-state index contributed by atoms with van der Waals surface area (Å²) in [5, 5.41) is 30.7. The summed E-state index contributed by atoms with van der Waals surface area (Å²) in [5.74, 6) is -5.94. The molecule has 1 heterocycles. The number of aliphatic carboxylic acids is 1. The normalized spacial score (nSPS) is 14.3. The summed E-state index contributed by atoms with van der Waals surface area (Å²) in [6.45, 7) is 1.64. The van der Waals surface area contributed by atoms with E-state index in [2.05, 4.69) is 0 Å². The molecule has 0 saturated carbocycles. The van der Waals surface area contributed by atoms with Crippen molar-refractivity contribution in [1.29, 1.82) is 0 Å². The fourth-order valence-corrected chi connectivity index (χ4v) is 3.83. The van der Waals surface area contributed by atoms with Crippen LogP contribution in [-0.4, -0.2) is 33.1 Å². The maximum atomic E-state index is 14.8. The van der Waals surface area contributed by atoms with Gasteiger partial charge in [-0.15, -0.1) is 0 Å². The van der Waals surface area contributed by atoms with Crippen LogP contribution in [0.4, 0.5) is 10.1 Å². The zero-order chi connectivity index (χ0) is 21.7. The summed E-state index contributed by atoms with van der Waals surface area (Å²) in [6, 6.07) is 9.61. The number of amides is 2. The molecule has 0 bridgehead atoms. The Morgan fingerprint density at radius 1 is 1.00 bits per heavy atom. The molecule has 3 N–H and O–H groups in total. The lowest BCUT2D eigenvalue weighted by molar-refractivity contribution is -0.138. The van der Waals surface area contributed by atoms with Gasteiger partial charge in [0.1, 0.15) is 17.3 Å². The predicted molar refractivity (Wildman–Crippen MR) is 105 cm³/mol. The minimum absolute atomic E-state index is 0.180. The van der Waals surface area contributed by atoms with E-state index in [-0.39, 0.29) is 22.8 Å². The zero-order valence-electron chi connectivity index (χ0n) is 15.7. The van der Waals surface area contributed by atoms with Gasteiger partial charge in [0.25, 0.3) is 11.8 Å². The molecule has 0 aromatic heterocycles. The second-order valence-electron chi connectivity index (χ2n) is 6.95. The number of hydrogen-bond acceptors (Lipinski definition) is 5. The number of fused-ring (bicyclic) bond motifs is 2. The quantitative estimate of drug-likeness (QED) is 0.446. The summed E-state index contributed by atoms with van der Waals surface area (Å²) in [5.41, 5.74) is -1.01. The van der Waals surface area contributed by atoms with Gasteiger partial charge >= 0.3 is 5.97 Å². The zero-order valence-corrected chi connectivity index (χ0v) is 15.7. The Bertz CT molecular complexity index is 1190. The van der Waals surface area contributed by atoms with Crippen LogP contribution < -0.4 is 4.90 Å². The largest absolute Gasteiger partial charge is 0.506 e. The van der Waals surface area contributed by atoms with Gasteiger partial charge < -0.3 is 15.3 Å². The Morgan fingerprint density at radius 3 is 1.97 bits per heavy atom. The molecule has 8 heteroatoms. The second-order valence-corrected chi connectivity index (χ2v) is 6.95. The van der Waals surface area contributed by atoms with Gasteiger partial charge in [0.15, 0.2) is 0 Å². The standard InChI is InChI=1S/C22H16FNO6/c1-2-11(22(29)30)10-7-8-15(14(23)9-10)24-20(27)16-17(21(24)28)19(26)13-6-4-3-5-12(13)18(16)25/h3-9,11,25-26H,2H2,1H3,(H,29,30). The van der Waals surface area contributed by atoms with Crippen molar-refractivity contribution in [2.75, 3.05) is 4.90 Å². The predicted octanol–water partition coefficient (Wildman–Crippen LogP) is 3.77. The smallest absolute Gasteiger partial charge is 0.310 e. The fraction of sp³-hybridized carbons (Fsp3) is 0.136. The molecule has 30 heavy (non-hydrogen) atoms. The molecule has 152 valence electrons. The second kappa shape index (κ2) is 6.84. The molecule has 1 atom stereocenters. The molecular weight excluding hydrogens is 393 g/mol. The molecule has 1 unspecified atom stereocenters. The highest BCUT2D eigenvalue weighted by Crippen LogP contribution is 2.45. The molecule has 0 fully saturated rings. The maximum Gasteiger partial charge on any atom is 0.310 e. The number of carbonyl (C=O) groups excluding carboxylic acids is 2. The molecule has 7 nitrogen and oxygen atoms in total. The van der Waals surface area contributed by atoms with E-state index in [1.54, 1.807) is 19.1 Å². The van der Waals surface area contributed by atoms with Crippen molar-refractivity contribution >= 4 is 34.2 Å². The number of carboxylic acid groups (broad SMARTS) is 1. The van der Waals surface area contributed by atoms with E-state index in [1.807, 2.05) is 0 Å². The Kier molecular flexibility index (Phi) is 4.42. The highest BCUT2D eigenvalue weighted by atomic mass is 19.1. The number of anilines is 1. The van der Waals surface area contributed by atoms with Crippen molar-refractivity contribution in [3.8, 4) is 11.5 Å². The summed E-state index contributed by atoms with van der Waals surface area (Å²) < 4.78 is 14.8. The minimum atomic E-state index is -1.12. The van der Waals surface area contributed by atoms with Crippen molar-refractivity contribution in [2.45, 2.75) is 19.3 Å². The molecule has 1 aliphatic rings. The first-order valence-corrected chi connectivity index (χ1v) is 9.15. The monoisotopic (exact) mass is 409 g/mol. The van der Waals surface area contributed by atoms with Crippen molar-refractivity contribution in [3.63, 3.8) is 0 Å². The van der Waals surface area contributed by atoms with Crippen LogP contribution in [0.3, 0.4) is 0 Å². The van der Waals surface area contributed by atoms with Crippen LogP contribution in [0.5, 0.6) is 11.5 Å². The number of carboxylic acids is 1. The lowest BCUT2D eigenvalue weighted by Crippen LogP contribution is -2.30. The lowest BCUT2D eigenvalue weighted by atomic mass is 9.96. The number of nitrogens with zero attached hydrogens (tertiary/aromatic N) is 1. The summed E-state index contributed by atoms with van der Waals surface area (Å²) >= 11 is 0. The van der Waals surface area contributed by atoms with E-state index in [0.717, 1.165) is 12.1 Å². The Morgan fingerprint density at radius 2 is 1.53 bits per heavy atom. The van der Waals surface area contributed by atoms with E-state index >= 15 is 0 Å². The Hall–Kier alpha value is -3.94. The minimum Gasteiger partial charge on any atom is -0.506 e. The summed E-state index contributed by atoms with van der Waals surface area (Å²) in [7, 11) is 0. The van der Waals surface area contributed by atoms with Crippen LogP contribution in [0.2, 0.25) is 0 Å². The van der Waals surface area contributed by atoms with Crippen LogP contribution in [-0.2, 0) is 4.79 Å². The molecule has 3 aromatic rings. The van der Waals surface area contributed by atoms with Crippen molar-refractivity contribution in [3.05, 3.63) is 65.0 Å². The average Bonchev–Trinajstić information content (AvgIpc) is 2.97. The van der Waals surface area contributed by atoms with Crippen molar-refractivity contribution in [2.24, 2.45) is 0 Å². The fourth-order valence-electron chi connectivity index (χ4n) is 3.83. The van der Waals surface area contributed by atoms with Gasteiger partial charge in [-0.05, 0) is 24.1 Å². The van der Waals surface area contributed by atoms with Crippen LogP contribution in [0.25, 0.3) is 10.8 Å². The van der Waals surface area contributed by atoms with Gasteiger partial charge in [-0.2, -0.15) is 0 Å². The number of hydrogen-bond donors (Lipinski definition) is 3. The van der Waals surface area contributed by atoms with Gasteiger partial charge in [-0.3, -0.25) is 14.4 Å². The molecule has 0 aliphatic carbocycles. The van der Waals surface area contributed by atoms with Gasteiger partial charge in [-0.25, -0.2) is 9.29 Å². The molecule has 3 aromatic carbocycles. The summed E-state index contributed by atoms with van der Waals surface area (Å²) in [6.07, 6.45) is 0.232. The molecule has 1 aliphatic heterocycles. The number of benzene rings is 3. The van der Waals surface area contributed by atoms with E-state index in [1.165, 1.54) is 18.2 Å². The Labute approximate surface area is 169 Å². The van der Waals surface area contributed by atoms with Gasteiger partial charge in [0.05, 0.1) is 22.7 Å². The first kappa shape index (κ1) is 19.4. The number of carbonyl (C=O) groups is 3. The van der Waals surface area contributed by atoms with Gasteiger partial charge in [-0.1, -0.05) is 37.3 Å². The van der Waals surface area contributed by atoms with Gasteiger partial charge in [0.2, 0.25) is 0 Å². The first-order chi connectivity index (χ1) is 14.3. The third kappa shape index (κ3) is 2.61. The summed E-state index contributed by atoms with van der Waals surface area (Å²) in [4.78, 5) is 37.7. The van der Waals surface area contributed by atoms with Crippen LogP contribution >= 0.6 is 0 Å². The number of rotatable bonds is 4. The number of halogens is 1. The number of phenols is 2. The SMILES string of the molecule is CCC(C(=O)O)c1ccc(N2C(=O)c3c(c(O)c4ccccc4c3O)C2=O)c(F)c1. The van der Waals surface area contributed by atoms with Crippen LogP contribution in [0, 0.1) is 5.82 Å². The van der Waals surface area contributed by atoms with E-state index < -0.39 is 57.8 Å². The molecule has 4 rings (SSSR count). The molecule has 0 radical (unpaired) electrons. The third-order valence-corrected chi connectivity index (χ3v) is 5.32. The molecular formula is C22H16FNO6. The average molecular weight is 409 g/mol. The van der Waals surface area contributed by atoms with Crippen molar-refractivity contribution in [1.82, 2.24) is 0 Å². The topological polar surface area (TPSA) is 115 Å². The molecule has 2 amide bonds. The number of phenolic OH excluding ortho intramolecular Hbond substituents is 2. The first-order valence-electron chi connectivity index (χ1n) is 9.15. The molecule has 0 spiro atoms. The number of imide groups is 1. The van der Waals surface area contributed by atoms with Crippen LogP contribution in [0.15, 0.2) is 42.5 Å². The van der Waals surface area contributed by atoms with Crippen LogP contribution in [0.1, 0.15) is 45.5 Å². The molecule has 0 saturated heterocycles. The van der Waals surface area contributed by atoms with Gasteiger partial charge in [0, 0.05) is 10.8 Å². The maximum absolute atomic E-state index is 14.8. The van der Waals surface area contributed by atoms with Crippen molar-refractivity contribution < 1.29 is 34.1 Å². The highest BCUT2D eigenvalue weighted by Gasteiger charge is 2.43. The van der Waals surface area contributed by atoms with E-state index in [0.29, 0.717) is 4.90 Å². The van der Waals surface area contributed by atoms with E-state index in [4.69, 9.17) is 0 Å². The number of aromatic hydroxyl groups is 2. The highest BCUT2D eigenvalue weighted by molar-refractivity contribution is 6.38. The Balaban J connectivity index is 1.86. The third-order valence-electron chi connectivity index (χ3n) is 5.32. The lowest BCUT2D eigenvalue weighted by Gasteiger charge is -2.17.